The van der Waals surface area contributed by atoms with E-state index in [1.54, 1.807) is 0 Å². The Hall–Kier alpha value is -3.06. The first-order valence-electron chi connectivity index (χ1n) is 10.6. The molecule has 0 N–H and O–H groups in total. The van der Waals surface area contributed by atoms with Gasteiger partial charge in [-0.05, 0) is 84.2 Å². The summed E-state index contributed by atoms with van der Waals surface area (Å²) in [6.45, 7) is 2.14. The second kappa shape index (κ2) is 7.40. The Balaban J connectivity index is 1.38. The third-order valence-corrected chi connectivity index (χ3v) is 6.42. The van der Waals surface area contributed by atoms with E-state index >= 15 is 0 Å². The highest BCUT2D eigenvalue weighted by Crippen LogP contribution is 2.33. The maximum Gasteiger partial charge on any atom is 0.0411 e. The smallest absolute Gasteiger partial charge is 0.0411 e. The van der Waals surface area contributed by atoms with Crippen molar-refractivity contribution >= 4 is 11.3 Å². The van der Waals surface area contributed by atoms with Crippen LogP contribution in [0, 0.1) is 6.92 Å². The van der Waals surface area contributed by atoms with Crippen molar-refractivity contribution in [3.05, 3.63) is 107 Å². The average Bonchev–Trinajstić information content (AvgIpc) is 2.75. The lowest BCUT2D eigenvalue weighted by Crippen LogP contribution is -2.17. The van der Waals surface area contributed by atoms with Crippen LogP contribution in [0.1, 0.15) is 35.1 Å². The number of benzene rings is 3. The largest absolute Gasteiger partial charge is 0.348 e. The van der Waals surface area contributed by atoms with Crippen LogP contribution in [-0.2, 0) is 12.8 Å². The van der Waals surface area contributed by atoms with Crippen molar-refractivity contribution in [2.45, 2.75) is 32.6 Å². The highest BCUT2D eigenvalue weighted by atomic mass is 15.1. The lowest BCUT2D eigenvalue weighted by atomic mass is 9.86. The van der Waals surface area contributed by atoms with Crippen LogP contribution in [0.15, 0.2) is 84.6 Å². The molecule has 144 valence electrons. The zero-order valence-corrected chi connectivity index (χ0v) is 17.3. The molecule has 0 saturated heterocycles. The Kier molecular flexibility index (Phi) is 4.60. The van der Waals surface area contributed by atoms with Crippen molar-refractivity contribution in [1.82, 2.24) is 0 Å². The van der Waals surface area contributed by atoms with Crippen LogP contribution in [0.2, 0.25) is 0 Å². The van der Waals surface area contributed by atoms with Crippen LogP contribution in [0.5, 0.6) is 0 Å². The molecule has 0 bridgehead atoms. The van der Waals surface area contributed by atoms with E-state index in [1.165, 1.54) is 63.2 Å². The van der Waals surface area contributed by atoms with Gasteiger partial charge in [-0.25, -0.2) is 0 Å². The molecule has 0 aromatic heterocycles. The molecule has 0 amide bonds. The number of anilines is 1. The molecule has 29 heavy (non-hydrogen) atoms. The summed E-state index contributed by atoms with van der Waals surface area (Å²) in [7, 11) is 2.19. The molecule has 2 aliphatic carbocycles. The molecule has 0 spiro atoms. The molecule has 0 heterocycles. The predicted octanol–water partition coefficient (Wildman–Crippen LogP) is 6.96. The fraction of sp³-hybridized carbons (Fsp3) is 0.214. The normalized spacial score (nSPS) is 15.1. The van der Waals surface area contributed by atoms with Crippen molar-refractivity contribution in [3.8, 4) is 11.1 Å². The Bertz CT molecular complexity index is 1120. The molecular weight excluding hydrogens is 350 g/mol. The summed E-state index contributed by atoms with van der Waals surface area (Å²) in [6, 6.07) is 24.7. The predicted molar refractivity (Wildman–Crippen MR) is 124 cm³/mol. The number of allylic oxidation sites excluding steroid dienone is 4. The lowest BCUT2D eigenvalue weighted by molar-refractivity contribution is 0.840. The Morgan fingerprint density at radius 2 is 1.41 bits per heavy atom. The fourth-order valence-electron chi connectivity index (χ4n) is 4.35. The highest BCUT2D eigenvalue weighted by Gasteiger charge is 2.15. The van der Waals surface area contributed by atoms with Gasteiger partial charge >= 0.3 is 0 Å². The van der Waals surface area contributed by atoms with Crippen molar-refractivity contribution in [2.24, 2.45) is 0 Å². The number of hydrogen-bond acceptors (Lipinski definition) is 1. The fourth-order valence-corrected chi connectivity index (χ4v) is 4.35. The third-order valence-electron chi connectivity index (χ3n) is 6.42. The number of nitrogens with zero attached hydrogens (tertiary/aromatic N) is 1. The Morgan fingerprint density at radius 1 is 0.655 bits per heavy atom. The first kappa shape index (κ1) is 18.0. The van der Waals surface area contributed by atoms with Crippen molar-refractivity contribution < 1.29 is 0 Å². The van der Waals surface area contributed by atoms with Gasteiger partial charge in [0.05, 0.1) is 0 Å². The van der Waals surface area contributed by atoms with Gasteiger partial charge in [-0.1, -0.05) is 66.2 Å². The molecule has 5 rings (SSSR count). The maximum absolute atomic E-state index is 2.37. The van der Waals surface area contributed by atoms with E-state index in [9.17, 15) is 0 Å². The maximum atomic E-state index is 2.37. The van der Waals surface area contributed by atoms with E-state index in [0.29, 0.717) is 0 Å². The molecular formula is C28H27N. The van der Waals surface area contributed by atoms with Gasteiger partial charge in [-0.3, -0.25) is 0 Å². The monoisotopic (exact) mass is 377 g/mol. The quantitative estimate of drug-likeness (QED) is 0.475. The van der Waals surface area contributed by atoms with E-state index in [0.717, 1.165) is 12.8 Å². The Morgan fingerprint density at radius 3 is 2.10 bits per heavy atom. The molecule has 1 heteroatoms. The topological polar surface area (TPSA) is 3.24 Å². The molecule has 3 aromatic rings. The van der Waals surface area contributed by atoms with Gasteiger partial charge in [0.15, 0.2) is 0 Å². The van der Waals surface area contributed by atoms with Gasteiger partial charge in [0, 0.05) is 18.4 Å². The minimum atomic E-state index is 1.07. The van der Waals surface area contributed by atoms with Gasteiger partial charge < -0.3 is 4.90 Å². The molecule has 0 unspecified atom stereocenters. The van der Waals surface area contributed by atoms with Crippen LogP contribution >= 0.6 is 0 Å². The summed E-state index contributed by atoms with van der Waals surface area (Å²) >= 11 is 0. The standard InChI is InChI=1S/C28H27N/c1-20-6-8-21(9-7-20)22-14-16-27(17-15-22)29(2)28-5-3-4-24(19-28)26-13-11-23-10-12-25(23)18-26/h3-9,11,13-14,16,18-19H,10,12,15,17H2,1-2H3. The first-order chi connectivity index (χ1) is 14.2. The first-order valence-corrected chi connectivity index (χ1v) is 10.6. The Labute approximate surface area is 174 Å². The molecule has 3 aromatic carbocycles. The molecule has 0 atom stereocenters. The van der Waals surface area contributed by atoms with Gasteiger partial charge in [0.2, 0.25) is 0 Å². The van der Waals surface area contributed by atoms with Crippen LogP contribution in [-0.4, -0.2) is 7.05 Å². The minimum Gasteiger partial charge on any atom is -0.348 e. The minimum absolute atomic E-state index is 1.07. The number of fused-ring (bicyclic) bond motifs is 1. The zero-order valence-electron chi connectivity index (χ0n) is 17.3. The van der Waals surface area contributed by atoms with Crippen molar-refractivity contribution in [3.63, 3.8) is 0 Å². The van der Waals surface area contributed by atoms with Gasteiger partial charge in [-0.2, -0.15) is 0 Å². The summed E-state index contributed by atoms with van der Waals surface area (Å²) in [5.74, 6) is 0. The lowest BCUT2D eigenvalue weighted by Gasteiger charge is -2.26. The van der Waals surface area contributed by atoms with Crippen LogP contribution in [0.25, 0.3) is 16.7 Å². The second-order valence-electron chi connectivity index (χ2n) is 8.31. The number of aryl methyl sites for hydroxylation is 3. The molecule has 0 saturated carbocycles. The summed E-state index contributed by atoms with van der Waals surface area (Å²) < 4.78 is 0. The molecule has 0 aliphatic heterocycles. The summed E-state index contributed by atoms with van der Waals surface area (Å²) in [6.07, 6.45) is 9.20. The average molecular weight is 378 g/mol. The molecule has 2 aliphatic rings. The van der Waals surface area contributed by atoms with Crippen LogP contribution < -0.4 is 4.90 Å². The van der Waals surface area contributed by atoms with Crippen LogP contribution in [0.3, 0.4) is 0 Å². The number of hydrogen-bond donors (Lipinski definition) is 0. The van der Waals surface area contributed by atoms with Gasteiger partial charge in [0.25, 0.3) is 0 Å². The van der Waals surface area contributed by atoms with E-state index < -0.39 is 0 Å². The van der Waals surface area contributed by atoms with E-state index in [4.69, 9.17) is 0 Å². The molecule has 0 radical (unpaired) electrons. The van der Waals surface area contributed by atoms with Gasteiger partial charge in [0.1, 0.15) is 0 Å². The summed E-state index contributed by atoms with van der Waals surface area (Å²) in [5, 5.41) is 0. The highest BCUT2D eigenvalue weighted by molar-refractivity contribution is 5.73. The van der Waals surface area contributed by atoms with Crippen LogP contribution in [0.4, 0.5) is 5.69 Å². The number of rotatable bonds is 4. The SMILES string of the molecule is Cc1ccc(C2=CC=C(N(C)c3cccc(-c4ccc5c(c4)CC5)c3)CC2)cc1. The van der Waals surface area contributed by atoms with Crippen molar-refractivity contribution in [1.29, 1.82) is 0 Å². The summed E-state index contributed by atoms with van der Waals surface area (Å²) in [5.41, 5.74) is 12.4. The molecule has 1 nitrogen and oxygen atoms in total. The van der Waals surface area contributed by atoms with E-state index in [-0.39, 0.29) is 0 Å². The third kappa shape index (κ3) is 3.53. The van der Waals surface area contributed by atoms with Gasteiger partial charge in [-0.15, -0.1) is 0 Å². The summed E-state index contributed by atoms with van der Waals surface area (Å²) in [4.78, 5) is 2.34. The van der Waals surface area contributed by atoms with Crippen molar-refractivity contribution in [2.75, 3.05) is 11.9 Å². The molecule has 0 fully saturated rings. The van der Waals surface area contributed by atoms with E-state index in [2.05, 4.69) is 97.8 Å². The second-order valence-corrected chi connectivity index (χ2v) is 8.31. The zero-order chi connectivity index (χ0) is 19.8. The van der Waals surface area contributed by atoms with E-state index in [1.807, 2.05) is 0 Å².